The zero-order chi connectivity index (χ0) is 21.1. The van der Waals surface area contributed by atoms with Crippen molar-refractivity contribution >= 4 is 40.7 Å². The van der Waals surface area contributed by atoms with Crippen LogP contribution in [0.25, 0.3) is 0 Å². The normalized spacial score (nSPS) is 29.3. The Morgan fingerprint density at radius 2 is 1.81 bits per heavy atom. The third-order valence-electron chi connectivity index (χ3n) is 7.10. The van der Waals surface area contributed by atoms with Crippen molar-refractivity contribution in [3.8, 4) is 5.75 Å². The number of carbonyl (C=O) groups is 1. The van der Waals surface area contributed by atoms with E-state index in [0.717, 1.165) is 24.3 Å². The molecule has 4 aliphatic carbocycles. The first-order valence-electron chi connectivity index (χ1n) is 11.2. The van der Waals surface area contributed by atoms with Crippen LogP contribution in [-0.4, -0.2) is 41.3 Å². The standard InChI is InChI=1S/C23H33ClN2O3S.ClH/c24-21-3-2-19(29-5-1-6-30(28)7-4-25)11-20(21)22(27)26-15-23-12-16-8-17(13-23)10-18(9-16)14-23;/h2-3,11,16-18H,1,4-10,12-15,25H2,(H,26,27);1H. The van der Waals surface area contributed by atoms with Crippen LogP contribution in [0.1, 0.15) is 55.3 Å². The summed E-state index contributed by atoms with van der Waals surface area (Å²) in [5.74, 6) is 4.19. The van der Waals surface area contributed by atoms with E-state index in [1.54, 1.807) is 18.2 Å². The van der Waals surface area contributed by atoms with E-state index in [9.17, 15) is 9.00 Å². The van der Waals surface area contributed by atoms with Gasteiger partial charge in [-0.15, -0.1) is 12.4 Å². The molecule has 4 bridgehead atoms. The molecule has 0 aromatic heterocycles. The molecule has 0 radical (unpaired) electrons. The minimum absolute atomic E-state index is 0. The molecule has 1 aromatic rings. The fraction of sp³-hybridized carbons (Fsp3) is 0.696. The maximum atomic E-state index is 12.9. The van der Waals surface area contributed by atoms with Gasteiger partial charge in [0.1, 0.15) is 5.75 Å². The summed E-state index contributed by atoms with van der Waals surface area (Å²) in [6, 6.07) is 5.20. The molecule has 0 heterocycles. The lowest BCUT2D eigenvalue weighted by Gasteiger charge is -2.56. The lowest BCUT2D eigenvalue weighted by molar-refractivity contribution is -0.0503. The van der Waals surface area contributed by atoms with Crippen LogP contribution in [0, 0.1) is 23.2 Å². The third-order valence-corrected chi connectivity index (χ3v) is 8.87. The van der Waals surface area contributed by atoms with Crippen LogP contribution in [0.3, 0.4) is 0 Å². The molecule has 1 amide bonds. The first-order chi connectivity index (χ1) is 14.5. The summed E-state index contributed by atoms with van der Waals surface area (Å²) in [5.41, 5.74) is 6.18. The number of carbonyl (C=O) groups excluding carboxylic acids is 1. The Labute approximate surface area is 199 Å². The van der Waals surface area contributed by atoms with Gasteiger partial charge >= 0.3 is 0 Å². The van der Waals surface area contributed by atoms with Gasteiger partial charge in [0.15, 0.2) is 0 Å². The molecule has 1 atom stereocenters. The Morgan fingerprint density at radius 1 is 1.16 bits per heavy atom. The van der Waals surface area contributed by atoms with Gasteiger partial charge in [0.25, 0.3) is 5.91 Å². The number of ether oxygens (including phenoxy) is 1. The van der Waals surface area contributed by atoms with Crippen LogP contribution in [-0.2, 0) is 10.8 Å². The molecular formula is C23H34Cl2N2O3S. The monoisotopic (exact) mass is 488 g/mol. The predicted molar refractivity (Wildman–Crippen MR) is 129 cm³/mol. The van der Waals surface area contributed by atoms with Crippen LogP contribution in [0.2, 0.25) is 5.02 Å². The van der Waals surface area contributed by atoms with Crippen molar-refractivity contribution in [2.75, 3.05) is 31.2 Å². The first-order valence-corrected chi connectivity index (χ1v) is 13.1. The van der Waals surface area contributed by atoms with Gasteiger partial charge < -0.3 is 15.8 Å². The molecule has 1 unspecified atom stereocenters. The van der Waals surface area contributed by atoms with Crippen LogP contribution in [0.15, 0.2) is 18.2 Å². The second-order valence-electron chi connectivity index (χ2n) is 9.58. The lowest BCUT2D eigenvalue weighted by Crippen LogP contribution is -2.51. The van der Waals surface area contributed by atoms with Gasteiger partial charge in [0.2, 0.25) is 0 Å². The predicted octanol–water partition coefficient (Wildman–Crippen LogP) is 4.18. The van der Waals surface area contributed by atoms with E-state index in [0.29, 0.717) is 52.8 Å². The number of hydrogen-bond acceptors (Lipinski definition) is 4. The molecule has 31 heavy (non-hydrogen) atoms. The average molecular weight is 490 g/mol. The molecule has 4 aliphatic rings. The largest absolute Gasteiger partial charge is 0.494 e. The number of nitrogens with two attached hydrogens (primary N) is 1. The molecule has 0 aliphatic heterocycles. The lowest BCUT2D eigenvalue weighted by atomic mass is 9.49. The maximum absolute atomic E-state index is 12.9. The van der Waals surface area contributed by atoms with Crippen LogP contribution >= 0.6 is 24.0 Å². The molecule has 3 N–H and O–H groups in total. The van der Waals surface area contributed by atoms with Crippen molar-refractivity contribution in [3.05, 3.63) is 28.8 Å². The van der Waals surface area contributed by atoms with E-state index >= 15 is 0 Å². The highest BCUT2D eigenvalue weighted by Crippen LogP contribution is 2.59. The van der Waals surface area contributed by atoms with E-state index in [1.807, 2.05) is 0 Å². The van der Waals surface area contributed by atoms with Crippen molar-refractivity contribution < 1.29 is 13.7 Å². The van der Waals surface area contributed by atoms with E-state index in [1.165, 1.54) is 38.5 Å². The molecule has 1 aromatic carbocycles. The second kappa shape index (κ2) is 10.9. The average Bonchev–Trinajstić information content (AvgIpc) is 2.70. The van der Waals surface area contributed by atoms with Gasteiger partial charge in [-0.25, -0.2) is 0 Å². The van der Waals surface area contributed by atoms with Crippen LogP contribution in [0.4, 0.5) is 0 Å². The van der Waals surface area contributed by atoms with E-state index in [-0.39, 0.29) is 18.3 Å². The van der Waals surface area contributed by atoms with Gasteiger partial charge in [-0.2, -0.15) is 0 Å². The smallest absolute Gasteiger partial charge is 0.252 e. The number of amides is 1. The van der Waals surface area contributed by atoms with Crippen molar-refractivity contribution in [2.45, 2.75) is 44.9 Å². The van der Waals surface area contributed by atoms with Crippen molar-refractivity contribution in [1.29, 1.82) is 0 Å². The summed E-state index contributed by atoms with van der Waals surface area (Å²) < 4.78 is 17.4. The Hall–Kier alpha value is -0.820. The van der Waals surface area contributed by atoms with Gasteiger partial charge in [0.05, 0.1) is 17.2 Å². The summed E-state index contributed by atoms with van der Waals surface area (Å²) in [6.07, 6.45) is 8.68. The highest BCUT2D eigenvalue weighted by molar-refractivity contribution is 7.84. The minimum atomic E-state index is -0.891. The van der Waals surface area contributed by atoms with Crippen molar-refractivity contribution in [2.24, 2.45) is 28.9 Å². The van der Waals surface area contributed by atoms with Gasteiger partial charge in [-0.3, -0.25) is 9.00 Å². The molecule has 8 heteroatoms. The Kier molecular flexibility index (Phi) is 8.70. The summed E-state index contributed by atoms with van der Waals surface area (Å²) in [6.45, 7) is 1.64. The fourth-order valence-corrected chi connectivity index (χ4v) is 7.39. The Balaban J connectivity index is 0.00000272. The number of halogens is 2. The minimum Gasteiger partial charge on any atom is -0.494 e. The van der Waals surface area contributed by atoms with Crippen molar-refractivity contribution in [1.82, 2.24) is 5.32 Å². The van der Waals surface area contributed by atoms with E-state index < -0.39 is 10.8 Å². The first kappa shape index (κ1) is 24.8. The Bertz CT molecular complexity index is 770. The van der Waals surface area contributed by atoms with Crippen molar-refractivity contribution in [3.63, 3.8) is 0 Å². The Morgan fingerprint density at radius 3 is 2.42 bits per heavy atom. The number of hydrogen-bond donors (Lipinski definition) is 2. The fourth-order valence-electron chi connectivity index (χ4n) is 6.28. The van der Waals surface area contributed by atoms with Gasteiger partial charge in [0, 0.05) is 35.4 Å². The summed E-state index contributed by atoms with van der Waals surface area (Å²) >= 11 is 6.31. The summed E-state index contributed by atoms with van der Waals surface area (Å²) in [7, 11) is -0.891. The highest BCUT2D eigenvalue weighted by atomic mass is 35.5. The van der Waals surface area contributed by atoms with Gasteiger partial charge in [-0.05, 0) is 86.3 Å². The molecular weight excluding hydrogens is 455 g/mol. The molecule has 4 saturated carbocycles. The number of nitrogens with one attached hydrogen (secondary N) is 1. The molecule has 4 fully saturated rings. The van der Waals surface area contributed by atoms with E-state index in [4.69, 9.17) is 22.1 Å². The van der Waals surface area contributed by atoms with Crippen LogP contribution < -0.4 is 15.8 Å². The number of benzene rings is 1. The topological polar surface area (TPSA) is 81.4 Å². The van der Waals surface area contributed by atoms with Gasteiger partial charge in [-0.1, -0.05) is 11.6 Å². The zero-order valence-electron chi connectivity index (χ0n) is 17.9. The zero-order valence-corrected chi connectivity index (χ0v) is 20.3. The number of rotatable bonds is 10. The summed E-state index contributed by atoms with van der Waals surface area (Å²) in [4.78, 5) is 12.9. The molecule has 0 saturated heterocycles. The third kappa shape index (κ3) is 6.16. The molecule has 5 nitrogen and oxygen atoms in total. The SMILES string of the molecule is Cl.NCCS(=O)CCCOc1ccc(Cl)c(C(=O)NCC23CC4CC(CC(C4)C2)C3)c1. The molecule has 0 spiro atoms. The molecule has 174 valence electrons. The second-order valence-corrected chi connectivity index (χ2v) is 11.7. The van der Waals surface area contributed by atoms with Crippen LogP contribution in [0.5, 0.6) is 5.75 Å². The maximum Gasteiger partial charge on any atom is 0.252 e. The molecule has 5 rings (SSSR count). The quantitative estimate of drug-likeness (QED) is 0.483. The summed E-state index contributed by atoms with van der Waals surface area (Å²) in [5, 5.41) is 3.63. The highest BCUT2D eigenvalue weighted by Gasteiger charge is 2.50. The van der Waals surface area contributed by atoms with E-state index in [2.05, 4.69) is 5.32 Å².